The fourth-order valence-electron chi connectivity index (χ4n) is 3.29. The fourth-order valence-corrected chi connectivity index (χ4v) is 3.29. The first kappa shape index (κ1) is 17.9. The molecule has 4 aromatic rings. The van der Waals surface area contributed by atoms with Gasteiger partial charge in [-0.05, 0) is 49.2 Å². The Morgan fingerprint density at radius 3 is 2.86 bits per heavy atom. The lowest BCUT2D eigenvalue weighted by molar-refractivity contribution is -0.124. The summed E-state index contributed by atoms with van der Waals surface area (Å²) < 4.78 is 15.7. The minimum atomic E-state index is -0.437. The average molecular weight is 377 g/mol. The number of nitrogens with one attached hydrogen (secondary N) is 2. The highest BCUT2D eigenvalue weighted by Gasteiger charge is 2.16. The molecule has 7 heteroatoms. The van der Waals surface area contributed by atoms with Gasteiger partial charge < -0.3 is 10.3 Å². The van der Waals surface area contributed by atoms with Crippen molar-refractivity contribution < 1.29 is 9.18 Å². The Morgan fingerprint density at radius 2 is 2.11 bits per heavy atom. The van der Waals surface area contributed by atoms with Crippen molar-refractivity contribution in [1.82, 2.24) is 25.1 Å². The first-order valence-electron chi connectivity index (χ1n) is 9.02. The number of hydrogen-bond donors (Lipinski definition) is 2. The van der Waals surface area contributed by atoms with Gasteiger partial charge in [-0.2, -0.15) is 5.10 Å². The maximum absolute atomic E-state index is 14.2. The summed E-state index contributed by atoms with van der Waals surface area (Å²) in [7, 11) is 0. The third kappa shape index (κ3) is 3.26. The number of rotatable bonds is 5. The van der Waals surface area contributed by atoms with Gasteiger partial charge in [-0.25, -0.2) is 14.1 Å². The van der Waals surface area contributed by atoms with E-state index in [9.17, 15) is 9.18 Å². The maximum atomic E-state index is 14.2. The second-order valence-corrected chi connectivity index (χ2v) is 6.75. The molecular formula is C21H20FN5O. The number of carbonyl (C=O) groups is 1. The number of nitrogens with zero attached hydrogens (tertiary/aromatic N) is 3. The number of aromatic amines is 1. The molecular weight excluding hydrogens is 357 g/mol. The van der Waals surface area contributed by atoms with Gasteiger partial charge in [-0.15, -0.1) is 0 Å². The van der Waals surface area contributed by atoms with E-state index in [0.717, 1.165) is 27.7 Å². The van der Waals surface area contributed by atoms with E-state index in [1.807, 2.05) is 31.2 Å². The average Bonchev–Trinajstić information content (AvgIpc) is 3.35. The molecule has 6 nitrogen and oxygen atoms in total. The summed E-state index contributed by atoms with van der Waals surface area (Å²) in [5.41, 5.74) is 4.20. The summed E-state index contributed by atoms with van der Waals surface area (Å²) in [5.74, 6) is -0.393. The van der Waals surface area contributed by atoms with E-state index < -0.39 is 6.04 Å². The van der Waals surface area contributed by atoms with Gasteiger partial charge in [0, 0.05) is 23.0 Å². The molecule has 0 aliphatic heterocycles. The molecule has 0 bridgehead atoms. The Morgan fingerprint density at radius 1 is 1.29 bits per heavy atom. The van der Waals surface area contributed by atoms with Crippen molar-refractivity contribution in [3.8, 4) is 11.3 Å². The van der Waals surface area contributed by atoms with Crippen molar-refractivity contribution in [2.75, 3.05) is 0 Å². The SMILES string of the molecule is Cc1c(-c2ccccc2F)[nH]c2ccc(CNC(=O)[C@H](C)n3cncn3)cc12. The summed E-state index contributed by atoms with van der Waals surface area (Å²) in [6, 6.07) is 12.2. The molecule has 4 rings (SSSR count). The molecule has 0 aliphatic rings. The zero-order chi connectivity index (χ0) is 19.7. The molecule has 0 saturated carbocycles. The highest BCUT2D eigenvalue weighted by atomic mass is 19.1. The molecule has 0 aliphatic carbocycles. The van der Waals surface area contributed by atoms with Crippen LogP contribution in [0.3, 0.4) is 0 Å². The first-order valence-corrected chi connectivity index (χ1v) is 9.02. The minimum absolute atomic E-state index is 0.136. The lowest BCUT2D eigenvalue weighted by atomic mass is 10.0. The van der Waals surface area contributed by atoms with Crippen LogP contribution in [0.4, 0.5) is 4.39 Å². The zero-order valence-electron chi connectivity index (χ0n) is 15.6. The topological polar surface area (TPSA) is 75.6 Å². The van der Waals surface area contributed by atoms with Gasteiger partial charge in [0.05, 0.1) is 5.69 Å². The third-order valence-corrected chi connectivity index (χ3v) is 4.95. The molecule has 0 saturated heterocycles. The molecule has 0 radical (unpaired) electrons. The number of aromatic nitrogens is 4. The van der Waals surface area contributed by atoms with Crippen LogP contribution < -0.4 is 5.32 Å². The number of halogens is 1. The van der Waals surface area contributed by atoms with E-state index in [1.165, 1.54) is 23.4 Å². The predicted molar refractivity (Wildman–Crippen MR) is 105 cm³/mol. The molecule has 0 unspecified atom stereocenters. The molecule has 2 N–H and O–H groups in total. The molecule has 2 aromatic heterocycles. The minimum Gasteiger partial charge on any atom is -0.354 e. The van der Waals surface area contributed by atoms with Crippen molar-refractivity contribution in [1.29, 1.82) is 0 Å². The first-order chi connectivity index (χ1) is 13.5. The van der Waals surface area contributed by atoms with Crippen LogP contribution in [0.2, 0.25) is 0 Å². The monoisotopic (exact) mass is 377 g/mol. The van der Waals surface area contributed by atoms with Gasteiger partial charge in [0.25, 0.3) is 0 Å². The largest absolute Gasteiger partial charge is 0.354 e. The fraction of sp³-hybridized carbons (Fsp3) is 0.190. The van der Waals surface area contributed by atoms with Crippen LogP contribution in [0.15, 0.2) is 55.1 Å². The highest BCUT2D eigenvalue weighted by molar-refractivity contribution is 5.91. The number of benzene rings is 2. The highest BCUT2D eigenvalue weighted by Crippen LogP contribution is 2.31. The molecule has 0 spiro atoms. The lowest BCUT2D eigenvalue weighted by Gasteiger charge is -2.12. The number of amides is 1. The maximum Gasteiger partial charge on any atom is 0.244 e. The number of H-pyrrole nitrogens is 1. The van der Waals surface area contributed by atoms with Crippen molar-refractivity contribution in [3.05, 3.63) is 72.1 Å². The Hall–Kier alpha value is -3.48. The second-order valence-electron chi connectivity index (χ2n) is 6.75. The number of carbonyl (C=O) groups excluding carboxylic acids is 1. The van der Waals surface area contributed by atoms with Gasteiger partial charge in [-0.3, -0.25) is 4.79 Å². The lowest BCUT2D eigenvalue weighted by Crippen LogP contribution is -2.30. The summed E-state index contributed by atoms with van der Waals surface area (Å²) >= 11 is 0. The van der Waals surface area contributed by atoms with Crippen LogP contribution in [-0.4, -0.2) is 25.7 Å². The van der Waals surface area contributed by atoms with Crippen molar-refractivity contribution in [2.24, 2.45) is 0 Å². The number of fused-ring (bicyclic) bond motifs is 1. The molecule has 2 heterocycles. The van der Waals surface area contributed by atoms with E-state index in [0.29, 0.717) is 12.1 Å². The van der Waals surface area contributed by atoms with E-state index in [1.54, 1.807) is 19.1 Å². The molecule has 142 valence electrons. The Bertz CT molecular complexity index is 1130. The van der Waals surface area contributed by atoms with Gasteiger partial charge >= 0.3 is 0 Å². The zero-order valence-corrected chi connectivity index (χ0v) is 15.6. The van der Waals surface area contributed by atoms with Crippen LogP contribution in [-0.2, 0) is 11.3 Å². The Kier molecular flexibility index (Phi) is 4.65. The van der Waals surface area contributed by atoms with Crippen LogP contribution in [0.5, 0.6) is 0 Å². The quantitative estimate of drug-likeness (QED) is 0.556. The normalized spacial score (nSPS) is 12.2. The number of aryl methyl sites for hydroxylation is 1. The summed E-state index contributed by atoms with van der Waals surface area (Å²) in [6.07, 6.45) is 2.92. The van der Waals surface area contributed by atoms with Gasteiger partial charge in [0.1, 0.15) is 24.5 Å². The predicted octanol–water partition coefficient (Wildman–Crippen LogP) is 3.75. The van der Waals surface area contributed by atoms with Gasteiger partial charge in [0.15, 0.2) is 0 Å². The molecule has 2 aromatic carbocycles. The van der Waals surface area contributed by atoms with Crippen molar-refractivity contribution in [3.63, 3.8) is 0 Å². The number of hydrogen-bond acceptors (Lipinski definition) is 3. The van der Waals surface area contributed by atoms with E-state index >= 15 is 0 Å². The summed E-state index contributed by atoms with van der Waals surface area (Å²) in [4.78, 5) is 19.5. The standard InChI is InChI=1S/C21H20FN5O/c1-13-17-9-15(10-24-21(28)14(2)27-12-23-11-25-27)7-8-19(17)26-20(13)16-5-3-4-6-18(16)22/h3-9,11-12,14,26H,10H2,1-2H3,(H,24,28)/t14-/m0/s1. The second kappa shape index (κ2) is 7.26. The third-order valence-electron chi connectivity index (χ3n) is 4.95. The molecule has 1 amide bonds. The Labute approximate surface area is 161 Å². The van der Waals surface area contributed by atoms with Gasteiger partial charge in [0.2, 0.25) is 5.91 Å². The van der Waals surface area contributed by atoms with E-state index in [2.05, 4.69) is 20.4 Å². The van der Waals surface area contributed by atoms with Gasteiger partial charge in [-0.1, -0.05) is 18.2 Å². The Balaban J connectivity index is 1.56. The summed E-state index contributed by atoms with van der Waals surface area (Å²) in [6.45, 7) is 4.13. The summed E-state index contributed by atoms with van der Waals surface area (Å²) in [5, 5.41) is 7.92. The van der Waals surface area contributed by atoms with Crippen LogP contribution in [0.25, 0.3) is 22.2 Å². The van der Waals surface area contributed by atoms with Crippen LogP contribution in [0, 0.1) is 12.7 Å². The van der Waals surface area contributed by atoms with Crippen molar-refractivity contribution in [2.45, 2.75) is 26.4 Å². The van der Waals surface area contributed by atoms with Crippen LogP contribution in [0.1, 0.15) is 24.1 Å². The van der Waals surface area contributed by atoms with E-state index in [4.69, 9.17) is 0 Å². The van der Waals surface area contributed by atoms with E-state index in [-0.39, 0.29) is 11.7 Å². The molecule has 28 heavy (non-hydrogen) atoms. The van der Waals surface area contributed by atoms with Crippen LogP contribution >= 0.6 is 0 Å². The molecule has 0 fully saturated rings. The molecule has 1 atom stereocenters. The smallest absolute Gasteiger partial charge is 0.244 e. The van der Waals surface area contributed by atoms with Crippen molar-refractivity contribution >= 4 is 16.8 Å².